The second-order valence-corrected chi connectivity index (χ2v) is 5.70. The third-order valence-corrected chi connectivity index (χ3v) is 4.23. The molecule has 0 saturated heterocycles. The zero-order valence-corrected chi connectivity index (χ0v) is 11.9. The topological polar surface area (TPSA) is 63.3 Å². The van der Waals surface area contributed by atoms with Crippen molar-refractivity contribution in [2.45, 2.75) is 44.4 Å². The molecule has 1 saturated carbocycles. The smallest absolute Gasteiger partial charge is 0.374 e. The van der Waals surface area contributed by atoms with Gasteiger partial charge in [0.1, 0.15) is 5.69 Å². The first-order chi connectivity index (χ1) is 10.2. The third-order valence-electron chi connectivity index (χ3n) is 4.23. The third kappa shape index (κ3) is 3.15. The lowest BCUT2D eigenvalue weighted by molar-refractivity contribution is 0.0652. The summed E-state index contributed by atoms with van der Waals surface area (Å²) in [4.78, 5) is 10.9. The predicted octanol–water partition coefficient (Wildman–Crippen LogP) is 4.48. The van der Waals surface area contributed by atoms with Crippen molar-refractivity contribution in [1.29, 1.82) is 0 Å². The summed E-state index contributed by atoms with van der Waals surface area (Å²) in [5.74, 6) is -0.600. The number of rotatable bonds is 3. The molecule has 1 heterocycles. The second kappa shape index (κ2) is 6.12. The first kappa shape index (κ1) is 13.9. The number of aromatic nitrogens is 1. The Bertz CT molecular complexity index is 624. The highest BCUT2D eigenvalue weighted by molar-refractivity contribution is 5.85. The maximum atomic E-state index is 10.9. The van der Waals surface area contributed by atoms with Crippen molar-refractivity contribution in [3.63, 3.8) is 0 Å². The van der Waals surface area contributed by atoms with Crippen LogP contribution in [0.25, 0.3) is 11.3 Å². The molecule has 1 aromatic carbocycles. The van der Waals surface area contributed by atoms with E-state index in [1.54, 1.807) is 0 Å². The van der Waals surface area contributed by atoms with Crippen LogP contribution in [0.2, 0.25) is 0 Å². The molecule has 110 valence electrons. The molecule has 0 atom stereocenters. The van der Waals surface area contributed by atoms with Gasteiger partial charge in [-0.1, -0.05) is 49.0 Å². The van der Waals surface area contributed by atoms with Gasteiger partial charge in [-0.25, -0.2) is 4.79 Å². The van der Waals surface area contributed by atoms with Crippen LogP contribution in [0.4, 0.5) is 0 Å². The highest BCUT2D eigenvalue weighted by atomic mass is 16.5. The van der Waals surface area contributed by atoms with Crippen molar-refractivity contribution in [2.75, 3.05) is 0 Å². The SMILES string of the molecule is O=C(O)c1cc(-c2cccc(C3CCCCCC3)c2)no1. The molecule has 0 spiro atoms. The van der Waals surface area contributed by atoms with Crippen LogP contribution in [0.15, 0.2) is 34.9 Å². The van der Waals surface area contributed by atoms with Crippen LogP contribution in [0.1, 0.15) is 60.6 Å². The Balaban J connectivity index is 1.86. The van der Waals surface area contributed by atoms with E-state index < -0.39 is 5.97 Å². The minimum Gasteiger partial charge on any atom is -0.475 e. The van der Waals surface area contributed by atoms with E-state index in [1.807, 2.05) is 12.1 Å². The van der Waals surface area contributed by atoms with Gasteiger partial charge in [0.2, 0.25) is 5.76 Å². The number of aromatic carboxylic acids is 1. The van der Waals surface area contributed by atoms with Gasteiger partial charge in [-0.05, 0) is 30.4 Å². The molecule has 21 heavy (non-hydrogen) atoms. The van der Waals surface area contributed by atoms with E-state index in [-0.39, 0.29) is 5.76 Å². The average molecular weight is 285 g/mol. The molecule has 3 rings (SSSR count). The summed E-state index contributed by atoms with van der Waals surface area (Å²) in [7, 11) is 0. The van der Waals surface area contributed by atoms with Crippen LogP contribution in [-0.2, 0) is 0 Å². The molecule has 0 amide bonds. The quantitative estimate of drug-likeness (QED) is 0.845. The van der Waals surface area contributed by atoms with Gasteiger partial charge >= 0.3 is 5.97 Å². The average Bonchev–Trinajstić information content (AvgIpc) is 2.84. The van der Waals surface area contributed by atoms with Gasteiger partial charge in [0.05, 0.1) is 0 Å². The maximum Gasteiger partial charge on any atom is 0.374 e. The molecule has 1 aliphatic rings. The fourth-order valence-electron chi connectivity index (χ4n) is 3.08. The minimum absolute atomic E-state index is 0.120. The van der Waals surface area contributed by atoms with Gasteiger partial charge in [0.25, 0.3) is 0 Å². The van der Waals surface area contributed by atoms with E-state index in [4.69, 9.17) is 9.63 Å². The van der Waals surface area contributed by atoms with Gasteiger partial charge in [0, 0.05) is 11.6 Å². The lowest BCUT2D eigenvalue weighted by atomic mass is 9.90. The Morgan fingerprint density at radius 1 is 1.14 bits per heavy atom. The lowest BCUT2D eigenvalue weighted by Gasteiger charge is -2.15. The van der Waals surface area contributed by atoms with Crippen molar-refractivity contribution in [3.05, 3.63) is 41.7 Å². The number of carboxylic acid groups (broad SMARTS) is 1. The van der Waals surface area contributed by atoms with Crippen LogP contribution in [0.3, 0.4) is 0 Å². The number of carboxylic acids is 1. The number of nitrogens with zero attached hydrogens (tertiary/aromatic N) is 1. The Morgan fingerprint density at radius 2 is 1.90 bits per heavy atom. The summed E-state index contributed by atoms with van der Waals surface area (Å²) in [5, 5.41) is 12.8. The van der Waals surface area contributed by atoms with Crippen LogP contribution in [0, 0.1) is 0 Å². The van der Waals surface area contributed by atoms with Crippen LogP contribution >= 0.6 is 0 Å². The number of carbonyl (C=O) groups is 1. The molecule has 4 nitrogen and oxygen atoms in total. The molecule has 1 N–H and O–H groups in total. The van der Waals surface area contributed by atoms with E-state index in [0.717, 1.165) is 5.56 Å². The number of benzene rings is 1. The fraction of sp³-hybridized carbons (Fsp3) is 0.412. The Labute approximate surface area is 123 Å². The van der Waals surface area contributed by atoms with Crippen molar-refractivity contribution < 1.29 is 14.4 Å². The number of hydrogen-bond donors (Lipinski definition) is 1. The highest BCUT2D eigenvalue weighted by Crippen LogP contribution is 2.33. The number of hydrogen-bond acceptors (Lipinski definition) is 3. The molecule has 4 heteroatoms. The summed E-state index contributed by atoms with van der Waals surface area (Å²) in [6.45, 7) is 0. The van der Waals surface area contributed by atoms with E-state index in [0.29, 0.717) is 11.6 Å². The minimum atomic E-state index is -1.09. The molecule has 0 unspecified atom stereocenters. The molecule has 0 bridgehead atoms. The standard InChI is InChI=1S/C17H19NO3/c19-17(20)16-11-15(18-21-16)14-9-5-8-13(10-14)12-6-3-1-2-4-7-12/h5,8-12H,1-4,6-7H2,(H,19,20). The molecule has 2 aromatic rings. The van der Waals surface area contributed by atoms with E-state index in [2.05, 4.69) is 17.3 Å². The van der Waals surface area contributed by atoms with Crippen LogP contribution in [-0.4, -0.2) is 16.2 Å². The van der Waals surface area contributed by atoms with Crippen LogP contribution in [0.5, 0.6) is 0 Å². The summed E-state index contributed by atoms with van der Waals surface area (Å²) in [6, 6.07) is 9.74. The summed E-state index contributed by atoms with van der Waals surface area (Å²) >= 11 is 0. The predicted molar refractivity (Wildman–Crippen MR) is 79.3 cm³/mol. The molecule has 1 aromatic heterocycles. The van der Waals surface area contributed by atoms with Gasteiger partial charge in [-0.3, -0.25) is 0 Å². The van der Waals surface area contributed by atoms with E-state index in [1.165, 1.54) is 50.2 Å². The first-order valence-corrected chi connectivity index (χ1v) is 7.54. The molecular formula is C17H19NO3. The monoisotopic (exact) mass is 285 g/mol. The van der Waals surface area contributed by atoms with Crippen molar-refractivity contribution in [2.24, 2.45) is 0 Å². The molecular weight excluding hydrogens is 266 g/mol. The maximum absolute atomic E-state index is 10.9. The first-order valence-electron chi connectivity index (χ1n) is 7.54. The molecule has 0 aliphatic heterocycles. The zero-order chi connectivity index (χ0) is 14.7. The Kier molecular flexibility index (Phi) is 4.04. The fourth-order valence-corrected chi connectivity index (χ4v) is 3.08. The zero-order valence-electron chi connectivity index (χ0n) is 11.9. The summed E-state index contributed by atoms with van der Waals surface area (Å²) in [6.07, 6.45) is 7.73. The summed E-state index contributed by atoms with van der Waals surface area (Å²) < 4.78 is 4.84. The highest BCUT2D eigenvalue weighted by Gasteiger charge is 2.16. The Hall–Kier alpha value is -2.10. The van der Waals surface area contributed by atoms with E-state index >= 15 is 0 Å². The lowest BCUT2D eigenvalue weighted by Crippen LogP contribution is -1.97. The van der Waals surface area contributed by atoms with Gasteiger partial charge in [-0.15, -0.1) is 0 Å². The van der Waals surface area contributed by atoms with Crippen molar-refractivity contribution >= 4 is 5.97 Å². The Morgan fingerprint density at radius 3 is 2.57 bits per heavy atom. The van der Waals surface area contributed by atoms with Gasteiger partial charge < -0.3 is 9.63 Å². The van der Waals surface area contributed by atoms with Gasteiger partial charge in [0.15, 0.2) is 0 Å². The molecule has 1 aliphatic carbocycles. The summed E-state index contributed by atoms with van der Waals surface area (Å²) in [5.41, 5.74) is 2.84. The normalized spacial score (nSPS) is 16.6. The molecule has 0 radical (unpaired) electrons. The van der Waals surface area contributed by atoms with Gasteiger partial charge in [-0.2, -0.15) is 0 Å². The second-order valence-electron chi connectivity index (χ2n) is 5.70. The van der Waals surface area contributed by atoms with Crippen molar-refractivity contribution in [1.82, 2.24) is 5.16 Å². The van der Waals surface area contributed by atoms with E-state index in [9.17, 15) is 4.79 Å². The van der Waals surface area contributed by atoms with Crippen molar-refractivity contribution in [3.8, 4) is 11.3 Å². The van der Waals surface area contributed by atoms with Crippen LogP contribution < -0.4 is 0 Å². The largest absolute Gasteiger partial charge is 0.475 e. The molecule has 1 fully saturated rings.